The molecular weight excluding hydrogens is 413 g/mol. The van der Waals surface area contributed by atoms with E-state index in [9.17, 15) is 22.8 Å². The number of methoxy groups -OCH3 is 1. The molecule has 0 unspecified atom stereocenters. The summed E-state index contributed by atoms with van der Waals surface area (Å²) in [5.41, 5.74) is -3.92. The number of para-hydroxylation sites is 2. The fourth-order valence-corrected chi connectivity index (χ4v) is 2.64. The van der Waals surface area contributed by atoms with Crippen molar-refractivity contribution in [2.45, 2.75) is 18.8 Å². The Labute approximate surface area is 169 Å². The Hall–Kier alpha value is -2.94. The number of hydrogen-bond acceptors (Lipinski definition) is 5. The number of carbonyl (C=O) groups is 2. The Kier molecular flexibility index (Phi) is 6.97. The third-order valence-corrected chi connectivity index (χ3v) is 4.06. The van der Waals surface area contributed by atoms with Crippen molar-refractivity contribution in [2.24, 2.45) is 0 Å². The quantitative estimate of drug-likeness (QED) is 0.512. The van der Waals surface area contributed by atoms with E-state index in [0.717, 1.165) is 0 Å². The lowest BCUT2D eigenvalue weighted by molar-refractivity contribution is -0.204. The fraction of sp³-hybridized carbons (Fsp3) is 0.263. The van der Waals surface area contributed by atoms with E-state index in [1.807, 2.05) is 0 Å². The van der Waals surface area contributed by atoms with Gasteiger partial charge in [-0.05, 0) is 37.3 Å². The monoisotopic (exact) mass is 430 g/mol. The topological polar surface area (TPSA) is 76.7 Å². The lowest BCUT2D eigenvalue weighted by Gasteiger charge is -2.35. The maximum absolute atomic E-state index is 14.2. The molecule has 0 aliphatic carbocycles. The molecule has 0 aromatic heterocycles. The van der Waals surface area contributed by atoms with Crippen LogP contribution < -0.4 is 15.4 Å². The highest BCUT2D eigenvalue weighted by Crippen LogP contribution is 2.36. The summed E-state index contributed by atoms with van der Waals surface area (Å²) in [6, 6.07) is 10.9. The molecule has 0 aliphatic heterocycles. The zero-order valence-electron chi connectivity index (χ0n) is 15.5. The zero-order chi connectivity index (χ0) is 21.7. The molecule has 0 saturated heterocycles. The van der Waals surface area contributed by atoms with E-state index in [4.69, 9.17) is 16.3 Å². The number of amides is 1. The van der Waals surface area contributed by atoms with Gasteiger partial charge in [0.2, 0.25) is 0 Å². The molecule has 156 valence electrons. The van der Waals surface area contributed by atoms with Crippen LogP contribution in [0, 0.1) is 0 Å². The number of benzene rings is 2. The summed E-state index contributed by atoms with van der Waals surface area (Å²) in [6.45, 7) is 1.01. The SMILES string of the molecule is CCOC(=O)[C@](NC(=O)c1cccc(Cl)c1)(Nc1ccccc1OC)C(F)(F)F. The molecule has 6 nitrogen and oxygen atoms in total. The Morgan fingerprint density at radius 3 is 2.38 bits per heavy atom. The molecule has 0 heterocycles. The average Bonchev–Trinajstić information content (AvgIpc) is 2.67. The summed E-state index contributed by atoms with van der Waals surface area (Å²) in [5, 5.41) is 3.94. The van der Waals surface area contributed by atoms with E-state index in [2.05, 4.69) is 10.1 Å². The Morgan fingerprint density at radius 2 is 1.79 bits per heavy atom. The summed E-state index contributed by atoms with van der Waals surface area (Å²) in [5.74, 6) is -2.88. The number of esters is 1. The van der Waals surface area contributed by atoms with Gasteiger partial charge in [0.15, 0.2) is 0 Å². The van der Waals surface area contributed by atoms with E-state index in [-0.39, 0.29) is 28.6 Å². The Bertz CT molecular complexity index is 892. The molecule has 2 aromatic carbocycles. The molecule has 2 rings (SSSR count). The van der Waals surface area contributed by atoms with Crippen LogP contribution in [0.15, 0.2) is 48.5 Å². The van der Waals surface area contributed by atoms with Crippen LogP contribution in [-0.2, 0) is 9.53 Å². The summed E-state index contributed by atoms with van der Waals surface area (Å²) in [6.07, 6.45) is -5.27. The minimum Gasteiger partial charge on any atom is -0.495 e. The number of halogens is 4. The van der Waals surface area contributed by atoms with Crippen LogP contribution in [0.4, 0.5) is 18.9 Å². The number of anilines is 1. The number of nitrogens with one attached hydrogen (secondary N) is 2. The second-order valence-electron chi connectivity index (χ2n) is 5.76. The lowest BCUT2D eigenvalue weighted by atomic mass is 10.1. The molecule has 2 N–H and O–H groups in total. The lowest BCUT2D eigenvalue weighted by Crippen LogP contribution is -2.69. The van der Waals surface area contributed by atoms with E-state index >= 15 is 0 Å². The summed E-state index contributed by atoms with van der Waals surface area (Å²) in [7, 11) is 1.25. The van der Waals surface area contributed by atoms with Gasteiger partial charge in [-0.3, -0.25) is 4.79 Å². The largest absolute Gasteiger partial charge is 0.495 e. The maximum atomic E-state index is 14.2. The highest BCUT2D eigenvalue weighted by atomic mass is 35.5. The normalized spacial score (nSPS) is 13.2. The predicted molar refractivity (Wildman–Crippen MR) is 101 cm³/mol. The van der Waals surface area contributed by atoms with Gasteiger partial charge in [-0.1, -0.05) is 29.8 Å². The molecule has 29 heavy (non-hydrogen) atoms. The van der Waals surface area contributed by atoms with E-state index in [1.54, 1.807) is 5.32 Å². The second-order valence-corrected chi connectivity index (χ2v) is 6.19. The van der Waals surface area contributed by atoms with Crippen molar-refractivity contribution < 1.29 is 32.2 Å². The van der Waals surface area contributed by atoms with Crippen LogP contribution in [0.1, 0.15) is 17.3 Å². The van der Waals surface area contributed by atoms with Crippen molar-refractivity contribution in [3.05, 3.63) is 59.1 Å². The minimum absolute atomic E-state index is 0.0300. The number of carbonyl (C=O) groups excluding carboxylic acids is 2. The van der Waals surface area contributed by atoms with Crippen molar-refractivity contribution in [3.63, 3.8) is 0 Å². The number of ether oxygens (including phenoxy) is 2. The van der Waals surface area contributed by atoms with Gasteiger partial charge >= 0.3 is 17.8 Å². The summed E-state index contributed by atoms with van der Waals surface area (Å²) >= 11 is 5.81. The van der Waals surface area contributed by atoms with Crippen molar-refractivity contribution >= 4 is 29.2 Å². The summed E-state index contributed by atoms with van der Waals surface area (Å²) in [4.78, 5) is 25.0. The molecule has 0 radical (unpaired) electrons. The second kappa shape index (κ2) is 9.04. The molecule has 0 saturated carbocycles. The average molecular weight is 431 g/mol. The van der Waals surface area contributed by atoms with Gasteiger partial charge in [-0.2, -0.15) is 13.2 Å². The molecule has 10 heteroatoms. The maximum Gasteiger partial charge on any atom is 0.441 e. The highest BCUT2D eigenvalue weighted by molar-refractivity contribution is 6.31. The van der Waals surface area contributed by atoms with Crippen molar-refractivity contribution in [1.82, 2.24) is 5.32 Å². The third-order valence-electron chi connectivity index (χ3n) is 3.82. The number of hydrogen-bond donors (Lipinski definition) is 2. The number of alkyl halides is 3. The first-order valence-electron chi connectivity index (χ1n) is 8.38. The Balaban J connectivity index is 2.56. The van der Waals surface area contributed by atoms with Crippen LogP contribution in [0.3, 0.4) is 0 Å². The van der Waals surface area contributed by atoms with Gasteiger partial charge in [-0.25, -0.2) is 4.79 Å². The predicted octanol–water partition coefficient (Wildman–Crippen LogP) is 4.01. The third kappa shape index (κ3) is 4.92. The van der Waals surface area contributed by atoms with E-state index in [1.165, 1.54) is 62.6 Å². The van der Waals surface area contributed by atoms with Gasteiger partial charge in [0, 0.05) is 10.6 Å². The van der Waals surface area contributed by atoms with Gasteiger partial charge in [0.1, 0.15) is 5.75 Å². The molecule has 0 fully saturated rings. The number of rotatable bonds is 7. The van der Waals surface area contributed by atoms with E-state index < -0.39 is 23.7 Å². The summed E-state index contributed by atoms with van der Waals surface area (Å²) < 4.78 is 52.2. The van der Waals surface area contributed by atoms with Crippen LogP contribution in [0.25, 0.3) is 0 Å². The first-order valence-corrected chi connectivity index (χ1v) is 8.75. The van der Waals surface area contributed by atoms with Crippen molar-refractivity contribution in [1.29, 1.82) is 0 Å². The fourth-order valence-electron chi connectivity index (χ4n) is 2.45. The first-order chi connectivity index (χ1) is 13.6. The highest BCUT2D eigenvalue weighted by Gasteiger charge is 2.64. The van der Waals surface area contributed by atoms with Gasteiger partial charge in [-0.15, -0.1) is 0 Å². The van der Waals surface area contributed by atoms with Crippen molar-refractivity contribution in [3.8, 4) is 5.75 Å². The standard InChI is InChI=1S/C19H18ClF3N2O4/c1-3-29-17(27)18(19(21,22)23,24-14-9-4-5-10-15(14)28-2)25-16(26)12-7-6-8-13(20)11-12/h4-11,24H,3H2,1-2H3,(H,25,26)/t18-/m1/s1. The zero-order valence-corrected chi connectivity index (χ0v) is 16.2. The molecule has 0 spiro atoms. The van der Waals surface area contributed by atoms with Crippen LogP contribution in [0.5, 0.6) is 5.75 Å². The van der Waals surface area contributed by atoms with E-state index in [0.29, 0.717) is 0 Å². The van der Waals surface area contributed by atoms with Crippen molar-refractivity contribution in [2.75, 3.05) is 19.0 Å². The molecular formula is C19H18ClF3N2O4. The van der Waals surface area contributed by atoms with Crippen LogP contribution in [0.2, 0.25) is 5.02 Å². The molecule has 1 amide bonds. The molecule has 1 atom stereocenters. The van der Waals surface area contributed by atoms with Gasteiger partial charge < -0.3 is 20.1 Å². The minimum atomic E-state index is -5.27. The molecule has 0 aliphatic rings. The van der Waals surface area contributed by atoms with Gasteiger partial charge in [0.05, 0.1) is 19.4 Å². The first kappa shape index (κ1) is 22.4. The molecule has 2 aromatic rings. The van der Waals surface area contributed by atoms with Crippen LogP contribution >= 0.6 is 11.6 Å². The Morgan fingerprint density at radius 1 is 1.10 bits per heavy atom. The van der Waals surface area contributed by atoms with Gasteiger partial charge in [0.25, 0.3) is 5.91 Å². The van der Waals surface area contributed by atoms with Crippen LogP contribution in [-0.4, -0.2) is 37.4 Å². The molecule has 0 bridgehead atoms. The smallest absolute Gasteiger partial charge is 0.441 e.